The highest BCUT2D eigenvalue weighted by atomic mass is 19.1. The van der Waals surface area contributed by atoms with Gasteiger partial charge >= 0.3 is 11.6 Å². The van der Waals surface area contributed by atoms with Crippen LogP contribution >= 0.6 is 0 Å². The molecule has 1 aliphatic heterocycles. The van der Waals surface area contributed by atoms with E-state index in [0.29, 0.717) is 10.1 Å². The van der Waals surface area contributed by atoms with Crippen LogP contribution in [0.1, 0.15) is 11.1 Å². The maximum atomic E-state index is 14.4. The smallest absolute Gasteiger partial charge is 0.332 e. The van der Waals surface area contributed by atoms with Crippen molar-refractivity contribution in [3.63, 3.8) is 0 Å². The molecule has 3 aromatic rings. The van der Waals surface area contributed by atoms with Gasteiger partial charge in [-0.25, -0.2) is 13.8 Å². The van der Waals surface area contributed by atoms with Gasteiger partial charge in [0.15, 0.2) is 0 Å². The normalized spacial score (nSPS) is 26.4. The Morgan fingerprint density at radius 3 is 2.40 bits per heavy atom. The second-order valence-corrected chi connectivity index (χ2v) is 8.31. The Labute approximate surface area is 197 Å². The van der Waals surface area contributed by atoms with Crippen molar-refractivity contribution in [1.82, 2.24) is 14.6 Å². The monoisotopic (exact) mass is 489 g/mol. The van der Waals surface area contributed by atoms with E-state index in [1.54, 1.807) is 24.3 Å². The van der Waals surface area contributed by atoms with Crippen LogP contribution in [0.4, 0.5) is 4.39 Å². The zero-order valence-electron chi connectivity index (χ0n) is 18.5. The molecule has 0 amide bonds. The summed E-state index contributed by atoms with van der Waals surface area (Å²) in [5.41, 5.74) is -4.70. The summed E-state index contributed by atoms with van der Waals surface area (Å²) >= 11 is 0. The summed E-state index contributed by atoms with van der Waals surface area (Å²) in [4.78, 5) is 27.1. The van der Waals surface area contributed by atoms with Gasteiger partial charge < -0.3 is 30.4 Å². The molecule has 1 aromatic heterocycles. The minimum atomic E-state index is -3.24. The number of nitrogens with one attached hydrogen (secondary N) is 1. The molecule has 0 bridgehead atoms. The number of ether oxygens (including phenoxy) is 1. The fraction of sp³-hybridized carbons (Fsp3) is 0.304. The molecule has 1 fully saturated rings. The van der Waals surface area contributed by atoms with Crippen LogP contribution in [0.3, 0.4) is 0 Å². The number of hydrogen-bond acceptors (Lipinski definition) is 9. The van der Waals surface area contributed by atoms with Gasteiger partial charge in [-0.15, -0.1) is 5.06 Å². The molecule has 4 rings (SSSR count). The van der Waals surface area contributed by atoms with Gasteiger partial charge in [-0.05, 0) is 18.6 Å². The third-order valence-electron chi connectivity index (χ3n) is 6.02. The van der Waals surface area contributed by atoms with Gasteiger partial charge in [-0.3, -0.25) is 9.78 Å². The summed E-state index contributed by atoms with van der Waals surface area (Å²) in [6.07, 6.45) is -3.06. The average molecular weight is 489 g/mol. The highest BCUT2D eigenvalue weighted by Crippen LogP contribution is 2.43. The zero-order chi connectivity index (χ0) is 25.5. The van der Waals surface area contributed by atoms with E-state index in [-0.39, 0.29) is 10.6 Å². The van der Waals surface area contributed by atoms with E-state index in [1.165, 1.54) is 18.2 Å². The fourth-order valence-electron chi connectivity index (χ4n) is 4.06. The van der Waals surface area contributed by atoms with Gasteiger partial charge in [-0.2, -0.15) is 0 Å². The number of hydrogen-bond donors (Lipinski definition) is 6. The second kappa shape index (κ2) is 9.09. The summed E-state index contributed by atoms with van der Waals surface area (Å²) < 4.78 is 20.0. The first-order valence-electron chi connectivity index (χ1n) is 10.6. The van der Waals surface area contributed by atoms with Gasteiger partial charge in [-0.1, -0.05) is 48.0 Å². The Morgan fingerprint density at radius 2 is 1.77 bits per heavy atom. The van der Waals surface area contributed by atoms with Crippen molar-refractivity contribution < 1.29 is 34.8 Å². The molecule has 4 atom stereocenters. The molecule has 2 heterocycles. The van der Waals surface area contributed by atoms with Crippen molar-refractivity contribution in [3.8, 4) is 11.1 Å². The van der Waals surface area contributed by atoms with E-state index in [4.69, 9.17) is 4.74 Å². The van der Waals surface area contributed by atoms with Crippen LogP contribution in [-0.2, 0) is 17.2 Å². The topological polar surface area (TPSA) is 168 Å². The van der Waals surface area contributed by atoms with Gasteiger partial charge in [0.1, 0.15) is 18.0 Å². The van der Waals surface area contributed by atoms with Gasteiger partial charge in [0, 0.05) is 11.8 Å². The predicted octanol–water partition coefficient (Wildman–Crippen LogP) is -0.414. The molecule has 1 saturated heterocycles. The standard InChI is InChI=1S/C23H24FN3O8/c1-13-6-8-14(9-7-13)10-27(34)22(32)19(29)18(12-28)35-23(22,33)26-11-16(20(30)25-21(26)31)15-4-2-3-5-17(15)24/h2-9,11,18-19,28-29,32-34H,10,12H2,1H3,(H,25,30,31)/t18-,19-,22-,23+/m1/s1. The molecule has 0 spiro atoms. The quantitative estimate of drug-likeness (QED) is 0.199. The number of aromatic amines is 1. The maximum Gasteiger partial charge on any atom is 0.332 e. The lowest BCUT2D eigenvalue weighted by Gasteiger charge is -2.42. The highest BCUT2D eigenvalue weighted by molar-refractivity contribution is 5.62. The molecule has 12 heteroatoms. The van der Waals surface area contributed by atoms with Crippen LogP contribution in [0.15, 0.2) is 64.3 Å². The Kier molecular flexibility index (Phi) is 6.46. The first-order chi connectivity index (χ1) is 16.5. The van der Waals surface area contributed by atoms with E-state index >= 15 is 0 Å². The number of aliphatic hydroxyl groups excluding tert-OH is 2. The number of aromatic nitrogens is 2. The Morgan fingerprint density at radius 1 is 1.11 bits per heavy atom. The molecule has 1 aliphatic rings. The van der Waals surface area contributed by atoms with E-state index in [0.717, 1.165) is 17.8 Å². The van der Waals surface area contributed by atoms with Crippen molar-refractivity contribution in [2.75, 3.05) is 6.61 Å². The van der Waals surface area contributed by atoms with Crippen molar-refractivity contribution in [1.29, 1.82) is 0 Å². The first kappa shape index (κ1) is 24.9. The Balaban J connectivity index is 1.87. The second-order valence-electron chi connectivity index (χ2n) is 8.31. The minimum Gasteiger partial charge on any atom is -0.394 e. The predicted molar refractivity (Wildman–Crippen MR) is 118 cm³/mol. The summed E-state index contributed by atoms with van der Waals surface area (Å²) in [7, 11) is 0. The molecule has 0 unspecified atom stereocenters. The van der Waals surface area contributed by atoms with Crippen LogP contribution in [0, 0.1) is 12.7 Å². The van der Waals surface area contributed by atoms with Crippen molar-refractivity contribution in [2.24, 2.45) is 0 Å². The molecule has 186 valence electrons. The van der Waals surface area contributed by atoms with E-state index in [9.17, 15) is 39.6 Å². The molecular weight excluding hydrogens is 465 g/mol. The molecule has 11 nitrogen and oxygen atoms in total. The number of aliphatic hydroxyl groups is 4. The maximum absolute atomic E-state index is 14.4. The summed E-state index contributed by atoms with van der Waals surface area (Å²) in [6, 6.07) is 11.8. The van der Waals surface area contributed by atoms with Crippen LogP contribution in [0.5, 0.6) is 0 Å². The van der Waals surface area contributed by atoms with Crippen LogP contribution in [0.2, 0.25) is 0 Å². The summed E-state index contributed by atoms with van der Waals surface area (Å²) in [5, 5.41) is 54.3. The zero-order valence-corrected chi connectivity index (χ0v) is 18.5. The van der Waals surface area contributed by atoms with Crippen molar-refractivity contribution >= 4 is 0 Å². The molecule has 35 heavy (non-hydrogen) atoms. The number of halogens is 1. The molecule has 0 aliphatic carbocycles. The largest absolute Gasteiger partial charge is 0.394 e. The van der Waals surface area contributed by atoms with E-state index < -0.39 is 59.6 Å². The van der Waals surface area contributed by atoms with Gasteiger partial charge in [0.2, 0.25) is 5.72 Å². The number of hydroxylamine groups is 2. The SMILES string of the molecule is Cc1ccc(CN(O)[C@@]2(O)[C@H](O)[C@@H](CO)O[C@]2(O)n2cc(-c3ccccc3F)c(=O)[nH]c2=O)cc1. The third-order valence-corrected chi connectivity index (χ3v) is 6.02. The van der Waals surface area contributed by atoms with Gasteiger partial charge in [0.25, 0.3) is 5.56 Å². The average Bonchev–Trinajstić information content (AvgIpc) is 3.03. The molecule has 0 saturated carbocycles. The lowest BCUT2D eigenvalue weighted by molar-refractivity contribution is -0.413. The molecule has 2 aromatic carbocycles. The highest BCUT2D eigenvalue weighted by Gasteiger charge is 2.70. The van der Waals surface area contributed by atoms with Crippen molar-refractivity contribution in [3.05, 3.63) is 92.5 Å². The lowest BCUT2D eigenvalue weighted by atomic mass is 9.99. The van der Waals surface area contributed by atoms with Gasteiger partial charge in [0.05, 0.1) is 18.7 Å². The van der Waals surface area contributed by atoms with Crippen LogP contribution in [0.25, 0.3) is 11.1 Å². The molecule has 6 N–H and O–H groups in total. The Bertz CT molecular complexity index is 1340. The van der Waals surface area contributed by atoms with Crippen LogP contribution < -0.4 is 11.2 Å². The number of nitrogens with zero attached hydrogens (tertiary/aromatic N) is 2. The van der Waals surface area contributed by atoms with Crippen LogP contribution in [-0.4, -0.2) is 64.8 Å². The summed E-state index contributed by atoms with van der Waals surface area (Å²) in [5.74, 6) is -4.05. The third kappa shape index (κ3) is 4.00. The van der Waals surface area contributed by atoms with E-state index in [1.807, 2.05) is 11.9 Å². The number of benzene rings is 2. The molecule has 0 radical (unpaired) electrons. The number of H-pyrrole nitrogens is 1. The minimum absolute atomic E-state index is 0.165. The van der Waals surface area contributed by atoms with E-state index in [2.05, 4.69) is 0 Å². The number of rotatable bonds is 6. The summed E-state index contributed by atoms with van der Waals surface area (Å²) in [6.45, 7) is 0.474. The lowest BCUT2D eigenvalue weighted by Crippen LogP contribution is -2.68. The fourth-order valence-corrected chi connectivity index (χ4v) is 4.06. The first-order valence-corrected chi connectivity index (χ1v) is 10.6. The number of aryl methyl sites for hydroxylation is 1. The molecular formula is C23H24FN3O8. The Hall–Kier alpha value is -3.23. The van der Waals surface area contributed by atoms with Crippen molar-refractivity contribution in [2.45, 2.75) is 37.3 Å².